The minimum atomic E-state index is -2.99. The van der Waals surface area contributed by atoms with Crippen molar-refractivity contribution in [3.8, 4) is 22.5 Å². The van der Waals surface area contributed by atoms with E-state index >= 15 is 0 Å². The Morgan fingerprint density at radius 3 is 2.16 bits per heavy atom. The largest absolute Gasteiger partial charge is 0.394 e. The molecule has 0 spiro atoms. The number of aliphatic hydroxyl groups excluding tert-OH is 3. The Hall–Kier alpha value is -4.29. The minimum Gasteiger partial charge on any atom is -0.394 e. The van der Waals surface area contributed by atoms with Gasteiger partial charge in [0.1, 0.15) is 47.4 Å². The molecular formula is C32H35F4N7O6. The lowest BCUT2D eigenvalue weighted by atomic mass is 9.86. The Morgan fingerprint density at radius 1 is 0.980 bits per heavy atom. The summed E-state index contributed by atoms with van der Waals surface area (Å²) in [6, 6.07) is 8.20. The van der Waals surface area contributed by atoms with Crippen LogP contribution in [0.5, 0.6) is 0 Å². The highest BCUT2D eigenvalue weighted by Gasteiger charge is 2.52. The SMILES string of the molecule is CO[C@@H]1[C@@H](n2cc(-c3cccc(F)c3)nn2)[C@@H](O)[C@@H](CO)O[C@H]1C(=O)N(CC(F)F)[C@@H]1CCC[C@H](n2cc(-c3cccc(F)c3)nn2)[C@H]1O. The van der Waals surface area contributed by atoms with Gasteiger partial charge in [0.2, 0.25) is 0 Å². The number of aliphatic hydroxyl groups is 3. The summed E-state index contributed by atoms with van der Waals surface area (Å²) in [5, 5.41) is 49.2. The molecule has 49 heavy (non-hydrogen) atoms. The fraction of sp³-hybridized carbons (Fsp3) is 0.469. The van der Waals surface area contributed by atoms with E-state index in [1.54, 1.807) is 12.1 Å². The number of benzene rings is 2. The average Bonchev–Trinajstić information content (AvgIpc) is 3.78. The minimum absolute atomic E-state index is 0.168. The lowest BCUT2D eigenvalue weighted by molar-refractivity contribution is -0.220. The van der Waals surface area contributed by atoms with E-state index < -0.39 is 85.8 Å². The third-order valence-corrected chi connectivity index (χ3v) is 9.10. The molecule has 2 aromatic carbocycles. The first-order valence-corrected chi connectivity index (χ1v) is 15.7. The number of hydrogen-bond acceptors (Lipinski definition) is 10. The monoisotopic (exact) mass is 689 g/mol. The van der Waals surface area contributed by atoms with Gasteiger partial charge in [-0.05, 0) is 43.5 Å². The Bertz CT molecular complexity index is 1740. The highest BCUT2D eigenvalue weighted by molar-refractivity contribution is 5.82. The molecule has 3 N–H and O–H groups in total. The zero-order valence-electron chi connectivity index (χ0n) is 26.2. The first-order valence-electron chi connectivity index (χ1n) is 15.7. The predicted molar refractivity (Wildman–Crippen MR) is 163 cm³/mol. The van der Waals surface area contributed by atoms with Crippen molar-refractivity contribution in [3.63, 3.8) is 0 Å². The predicted octanol–water partition coefficient (Wildman–Crippen LogP) is 2.41. The van der Waals surface area contributed by atoms with Crippen LogP contribution < -0.4 is 0 Å². The van der Waals surface area contributed by atoms with Crippen LogP contribution in [-0.2, 0) is 14.3 Å². The zero-order valence-corrected chi connectivity index (χ0v) is 26.2. The average molecular weight is 690 g/mol. The van der Waals surface area contributed by atoms with Gasteiger partial charge in [0.15, 0.2) is 6.10 Å². The molecule has 0 radical (unpaired) electrons. The number of hydrogen-bond donors (Lipinski definition) is 3. The van der Waals surface area contributed by atoms with Gasteiger partial charge in [-0.15, -0.1) is 10.2 Å². The van der Waals surface area contributed by atoms with E-state index in [1.807, 2.05) is 0 Å². The molecule has 4 aromatic rings. The first kappa shape index (κ1) is 34.6. The maximum Gasteiger partial charge on any atom is 0.255 e. The second-order valence-electron chi connectivity index (χ2n) is 12.1. The summed E-state index contributed by atoms with van der Waals surface area (Å²) in [4.78, 5) is 15.1. The van der Waals surface area contributed by atoms with Gasteiger partial charge in [-0.1, -0.05) is 34.7 Å². The van der Waals surface area contributed by atoms with Crippen LogP contribution in [0.3, 0.4) is 0 Å². The molecule has 6 rings (SSSR count). The highest BCUT2D eigenvalue weighted by atomic mass is 19.3. The number of ether oxygens (including phenoxy) is 2. The van der Waals surface area contributed by atoms with Crippen molar-refractivity contribution in [3.05, 3.63) is 72.6 Å². The van der Waals surface area contributed by atoms with Crippen molar-refractivity contribution in [1.29, 1.82) is 0 Å². The van der Waals surface area contributed by atoms with Gasteiger partial charge in [0, 0.05) is 18.2 Å². The lowest BCUT2D eigenvalue weighted by Crippen LogP contribution is -2.63. The number of halogens is 4. The topological polar surface area (TPSA) is 161 Å². The van der Waals surface area contributed by atoms with E-state index in [-0.39, 0.29) is 12.1 Å². The molecule has 1 saturated carbocycles. The van der Waals surface area contributed by atoms with Crippen molar-refractivity contribution in [2.75, 3.05) is 20.3 Å². The summed E-state index contributed by atoms with van der Waals surface area (Å²) >= 11 is 0. The molecule has 1 amide bonds. The van der Waals surface area contributed by atoms with Crippen LogP contribution in [0.25, 0.3) is 22.5 Å². The van der Waals surface area contributed by atoms with Crippen LogP contribution in [0, 0.1) is 11.6 Å². The molecule has 0 bridgehead atoms. The normalized spacial score (nSPS) is 27.4. The van der Waals surface area contributed by atoms with Gasteiger partial charge in [-0.3, -0.25) is 4.79 Å². The van der Waals surface area contributed by atoms with Crippen molar-refractivity contribution in [1.82, 2.24) is 34.9 Å². The number of methoxy groups -OCH3 is 1. The maximum atomic E-state index is 14.3. The smallest absolute Gasteiger partial charge is 0.255 e. The van der Waals surface area contributed by atoms with Gasteiger partial charge in [-0.25, -0.2) is 26.9 Å². The van der Waals surface area contributed by atoms with Gasteiger partial charge >= 0.3 is 0 Å². The number of carbonyl (C=O) groups excluding carboxylic acids is 1. The maximum absolute atomic E-state index is 14.3. The Kier molecular flexibility index (Phi) is 10.4. The van der Waals surface area contributed by atoms with E-state index in [1.165, 1.54) is 65.3 Å². The van der Waals surface area contributed by atoms with Crippen LogP contribution in [-0.4, -0.2) is 119 Å². The summed E-state index contributed by atoms with van der Waals surface area (Å²) in [5.74, 6) is -1.95. The number of carbonyl (C=O) groups is 1. The number of aromatic nitrogens is 6. The number of amides is 1. The van der Waals surface area contributed by atoms with Crippen molar-refractivity contribution >= 4 is 5.91 Å². The summed E-state index contributed by atoms with van der Waals surface area (Å²) in [6.07, 6.45) is -6.27. The first-order chi connectivity index (χ1) is 23.6. The molecule has 2 aliphatic rings. The molecule has 13 nitrogen and oxygen atoms in total. The fourth-order valence-electron chi connectivity index (χ4n) is 6.74. The van der Waals surface area contributed by atoms with Gasteiger partial charge in [-0.2, -0.15) is 0 Å². The Balaban J connectivity index is 1.28. The zero-order chi connectivity index (χ0) is 34.8. The van der Waals surface area contributed by atoms with E-state index in [0.29, 0.717) is 29.7 Å². The molecule has 262 valence electrons. The molecule has 17 heteroatoms. The third-order valence-electron chi connectivity index (χ3n) is 9.10. The van der Waals surface area contributed by atoms with E-state index in [2.05, 4.69) is 20.6 Å². The summed E-state index contributed by atoms with van der Waals surface area (Å²) in [6.45, 7) is -1.80. The Morgan fingerprint density at radius 2 is 1.59 bits per heavy atom. The number of rotatable bonds is 10. The van der Waals surface area contributed by atoms with Crippen molar-refractivity contribution < 1.29 is 47.1 Å². The molecular weight excluding hydrogens is 654 g/mol. The standard InChI is InChI=1S/C32H35F4N7O6/c1-48-30-27(43-14-22(38-40-43)18-6-3-8-20(34)12-18)29(46)25(16-44)49-31(30)32(47)41(15-26(35)36)23-9-4-10-24(28(23)45)42-13-21(37-39-42)17-5-2-7-19(33)11-17/h2-3,5-8,11-14,23-31,44-46H,4,9-10,15-16H2,1H3/t23-,24+,25-,27+,28+,29+,30-,31-/m1/s1. The van der Waals surface area contributed by atoms with Gasteiger partial charge in [0.25, 0.3) is 12.3 Å². The fourth-order valence-corrected chi connectivity index (χ4v) is 6.74. The van der Waals surface area contributed by atoms with Crippen LogP contribution in [0.2, 0.25) is 0 Å². The highest BCUT2D eigenvalue weighted by Crippen LogP contribution is 2.37. The summed E-state index contributed by atoms with van der Waals surface area (Å²) in [7, 11) is 1.24. The molecule has 0 unspecified atom stereocenters. The molecule has 1 aliphatic heterocycles. The van der Waals surface area contributed by atoms with Gasteiger partial charge < -0.3 is 29.7 Å². The Labute approximate surface area is 277 Å². The quantitative estimate of drug-likeness (QED) is 0.211. The van der Waals surface area contributed by atoms with Crippen molar-refractivity contribution in [2.24, 2.45) is 0 Å². The summed E-state index contributed by atoms with van der Waals surface area (Å²) < 4.78 is 70.0. The molecule has 1 aliphatic carbocycles. The van der Waals surface area contributed by atoms with Crippen LogP contribution in [0.4, 0.5) is 17.6 Å². The van der Waals surface area contributed by atoms with Crippen molar-refractivity contribution in [2.45, 2.75) is 74.3 Å². The van der Waals surface area contributed by atoms with Gasteiger partial charge in [0.05, 0.1) is 43.7 Å². The second kappa shape index (κ2) is 14.7. The van der Waals surface area contributed by atoms with Crippen LogP contribution >= 0.6 is 0 Å². The van der Waals surface area contributed by atoms with Crippen LogP contribution in [0.15, 0.2) is 60.9 Å². The molecule has 2 aromatic heterocycles. The van der Waals surface area contributed by atoms with E-state index in [9.17, 15) is 37.7 Å². The third kappa shape index (κ3) is 7.07. The molecule has 3 heterocycles. The number of alkyl halides is 2. The summed E-state index contributed by atoms with van der Waals surface area (Å²) in [5.41, 5.74) is 1.41. The van der Waals surface area contributed by atoms with Crippen LogP contribution in [0.1, 0.15) is 31.3 Å². The molecule has 8 atom stereocenters. The number of nitrogens with zero attached hydrogens (tertiary/aromatic N) is 7. The van der Waals surface area contributed by atoms with E-state index in [4.69, 9.17) is 9.47 Å². The lowest BCUT2D eigenvalue weighted by Gasteiger charge is -2.46. The second-order valence-corrected chi connectivity index (χ2v) is 12.1. The van der Waals surface area contributed by atoms with E-state index in [0.717, 1.165) is 4.90 Å². The molecule has 2 fully saturated rings. The molecule has 1 saturated heterocycles.